The van der Waals surface area contributed by atoms with Gasteiger partial charge in [-0.25, -0.2) is 0 Å². The fourth-order valence-corrected chi connectivity index (χ4v) is 4.43. The maximum atomic E-state index is 5.63. The Morgan fingerprint density at radius 2 is 0.449 bits per heavy atom. The van der Waals surface area contributed by atoms with Gasteiger partial charge in [-0.3, -0.25) is 0 Å². The summed E-state index contributed by atoms with van der Waals surface area (Å²) in [5.74, 6) is 33.9. The lowest BCUT2D eigenvalue weighted by Crippen LogP contribution is -1.82. The highest BCUT2D eigenvalue weighted by molar-refractivity contribution is 5.36. The van der Waals surface area contributed by atoms with Crippen molar-refractivity contribution in [1.82, 2.24) is 0 Å². The molecule has 0 atom stereocenters. The van der Waals surface area contributed by atoms with Gasteiger partial charge in [0, 0.05) is 22.3 Å². The van der Waals surface area contributed by atoms with Crippen LogP contribution in [0.4, 0.5) is 0 Å². The first-order chi connectivity index (χ1) is 33.6. The molecule has 0 aliphatic carbocycles. The second kappa shape index (κ2) is 51.5. The molecule has 0 heterocycles. The monoisotopic (exact) mass is 901 g/mol. The SMILES string of the molecule is C#CC.C#CC.C#CC.C#CC.CC#Cc1ccccc1.CC#Cc1ccccc1.CC#Cc1ccccc1.CC#Cc1ccccc1.Cc1ccc(Oc2ccccc2)cc1.Cc1ccccc1. The molecule has 0 radical (unpaired) electrons. The Bertz CT molecular complexity index is 2410. The van der Waals surface area contributed by atoms with Crippen LogP contribution in [0.15, 0.2) is 206 Å². The summed E-state index contributed by atoms with van der Waals surface area (Å²) in [7, 11) is 0. The number of terminal acetylenes is 4. The summed E-state index contributed by atoms with van der Waals surface area (Å²) in [4.78, 5) is 0. The van der Waals surface area contributed by atoms with Gasteiger partial charge in [0.05, 0.1) is 0 Å². The first kappa shape index (κ1) is 64.1. The molecule has 0 N–H and O–H groups in total. The minimum atomic E-state index is 0.872. The van der Waals surface area contributed by atoms with Crippen molar-refractivity contribution in [2.45, 2.75) is 69.2 Å². The lowest BCUT2D eigenvalue weighted by molar-refractivity contribution is 0.482. The van der Waals surface area contributed by atoms with E-state index in [0.717, 1.165) is 33.8 Å². The topological polar surface area (TPSA) is 9.23 Å². The first-order valence-corrected chi connectivity index (χ1v) is 21.8. The van der Waals surface area contributed by atoms with Crippen molar-refractivity contribution >= 4 is 0 Å². The van der Waals surface area contributed by atoms with Crippen molar-refractivity contribution in [2.24, 2.45) is 0 Å². The van der Waals surface area contributed by atoms with E-state index in [1.807, 2.05) is 222 Å². The summed E-state index contributed by atoms with van der Waals surface area (Å²) >= 11 is 0. The van der Waals surface area contributed by atoms with Crippen LogP contribution in [0.3, 0.4) is 0 Å². The average molecular weight is 901 g/mol. The van der Waals surface area contributed by atoms with E-state index in [1.54, 1.807) is 27.7 Å². The van der Waals surface area contributed by atoms with Crippen molar-refractivity contribution in [3.63, 3.8) is 0 Å². The molecule has 0 unspecified atom stereocenters. The van der Waals surface area contributed by atoms with E-state index in [4.69, 9.17) is 4.74 Å². The van der Waals surface area contributed by atoms with Gasteiger partial charge in [-0.15, -0.1) is 73.1 Å². The minimum Gasteiger partial charge on any atom is -0.457 e. The van der Waals surface area contributed by atoms with Gasteiger partial charge >= 0.3 is 0 Å². The third kappa shape index (κ3) is 45.2. The number of rotatable bonds is 2. The third-order valence-corrected chi connectivity index (χ3v) is 7.11. The van der Waals surface area contributed by atoms with Crippen molar-refractivity contribution in [3.05, 3.63) is 240 Å². The Balaban J connectivity index is -0.000000731. The summed E-state index contributed by atoms with van der Waals surface area (Å²) in [6.45, 7) is 18.1. The van der Waals surface area contributed by atoms with Crippen LogP contribution in [-0.4, -0.2) is 0 Å². The van der Waals surface area contributed by atoms with Gasteiger partial charge in [-0.05, 0) is 142 Å². The van der Waals surface area contributed by atoms with Crippen LogP contribution in [0, 0.1) is 111 Å². The van der Waals surface area contributed by atoms with Gasteiger partial charge in [-0.2, -0.15) is 0 Å². The molecule has 0 bridgehead atoms. The van der Waals surface area contributed by atoms with Crippen molar-refractivity contribution in [1.29, 1.82) is 0 Å². The van der Waals surface area contributed by atoms with E-state index in [9.17, 15) is 0 Å². The molecule has 0 saturated carbocycles. The fraction of sp³-hybridized carbons (Fsp3) is 0.147. The van der Waals surface area contributed by atoms with E-state index >= 15 is 0 Å². The van der Waals surface area contributed by atoms with Gasteiger partial charge in [0.25, 0.3) is 0 Å². The summed E-state index contributed by atoms with van der Waals surface area (Å²) in [6, 6.07) is 67.9. The highest BCUT2D eigenvalue weighted by Gasteiger charge is 1.94. The summed E-state index contributed by atoms with van der Waals surface area (Å²) in [6.07, 6.45) is 18.4. The zero-order valence-electron chi connectivity index (χ0n) is 42.3. The number of hydrogen-bond donors (Lipinski definition) is 0. The summed E-state index contributed by atoms with van der Waals surface area (Å²) in [5, 5.41) is 0. The predicted molar refractivity (Wildman–Crippen MR) is 303 cm³/mol. The second-order valence-electron chi connectivity index (χ2n) is 13.0. The summed E-state index contributed by atoms with van der Waals surface area (Å²) in [5.41, 5.74) is 6.90. The lowest BCUT2D eigenvalue weighted by Gasteiger charge is -2.04. The molecule has 69 heavy (non-hydrogen) atoms. The quantitative estimate of drug-likeness (QED) is 0.157. The van der Waals surface area contributed by atoms with E-state index < -0.39 is 0 Å². The Morgan fingerprint density at radius 3 is 0.652 bits per heavy atom. The Morgan fingerprint density at radius 1 is 0.261 bits per heavy atom. The first-order valence-electron chi connectivity index (χ1n) is 21.8. The molecule has 7 rings (SSSR count). The number of para-hydroxylation sites is 1. The largest absolute Gasteiger partial charge is 0.457 e. The Labute approximate surface area is 419 Å². The minimum absolute atomic E-state index is 0.872. The molecular formula is C68H68O. The standard InChI is InChI=1S/C13H12O.4C9H8.C7H8.4C3H4/c1-11-7-9-13(10-8-11)14-12-5-3-2-4-6-12;4*1-2-6-9-7-4-3-5-8-9;1-7-5-3-2-4-6-7;4*1-3-2/h2-10H,1H3;4*3-5,7-8H,1H3;2-6H,1H3;4*1H,2H3. The lowest BCUT2D eigenvalue weighted by atomic mass is 10.2. The number of aryl methyl sites for hydroxylation is 2. The highest BCUT2D eigenvalue weighted by Crippen LogP contribution is 2.20. The van der Waals surface area contributed by atoms with Crippen molar-refractivity contribution in [3.8, 4) is 108 Å². The molecule has 0 aliphatic rings. The molecule has 0 amide bonds. The summed E-state index contributed by atoms with van der Waals surface area (Å²) < 4.78 is 5.63. The maximum Gasteiger partial charge on any atom is 0.127 e. The molecule has 346 valence electrons. The predicted octanol–water partition coefficient (Wildman–Crippen LogP) is 16.6. The molecule has 0 aromatic heterocycles. The molecular weight excluding hydrogens is 833 g/mol. The highest BCUT2D eigenvalue weighted by atomic mass is 16.5. The van der Waals surface area contributed by atoms with E-state index in [-0.39, 0.29) is 0 Å². The fourth-order valence-electron chi connectivity index (χ4n) is 4.43. The van der Waals surface area contributed by atoms with Crippen LogP contribution in [0.2, 0.25) is 0 Å². The molecule has 1 heteroatoms. The van der Waals surface area contributed by atoms with Crippen LogP contribution in [0.25, 0.3) is 0 Å². The number of hydrogen-bond acceptors (Lipinski definition) is 1. The maximum absolute atomic E-state index is 5.63. The molecule has 0 saturated heterocycles. The van der Waals surface area contributed by atoms with Crippen LogP contribution >= 0.6 is 0 Å². The number of benzene rings is 7. The zero-order valence-corrected chi connectivity index (χ0v) is 42.3. The normalized spacial score (nSPS) is 7.33. The van der Waals surface area contributed by atoms with Crippen LogP contribution in [0.1, 0.15) is 88.8 Å². The zero-order chi connectivity index (χ0) is 51.9. The molecule has 0 spiro atoms. The van der Waals surface area contributed by atoms with E-state index in [1.165, 1.54) is 11.1 Å². The number of ether oxygens (including phenoxy) is 1. The van der Waals surface area contributed by atoms with Gasteiger partial charge in [0.1, 0.15) is 11.5 Å². The van der Waals surface area contributed by atoms with Crippen LogP contribution in [0.5, 0.6) is 11.5 Å². The van der Waals surface area contributed by atoms with Gasteiger partial charge in [0.2, 0.25) is 0 Å². The van der Waals surface area contributed by atoms with Gasteiger partial charge < -0.3 is 4.74 Å². The smallest absolute Gasteiger partial charge is 0.127 e. The second-order valence-corrected chi connectivity index (χ2v) is 13.0. The average Bonchev–Trinajstić information content (AvgIpc) is 3.37. The van der Waals surface area contributed by atoms with Crippen LogP contribution in [-0.2, 0) is 0 Å². The van der Waals surface area contributed by atoms with Gasteiger partial charge in [-0.1, -0.05) is 168 Å². The van der Waals surface area contributed by atoms with Gasteiger partial charge in [0.15, 0.2) is 0 Å². The molecule has 7 aromatic carbocycles. The van der Waals surface area contributed by atoms with Crippen molar-refractivity contribution < 1.29 is 4.74 Å². The van der Waals surface area contributed by atoms with Crippen molar-refractivity contribution in [2.75, 3.05) is 0 Å². The Hall–Kier alpha value is -9.18. The molecule has 0 fully saturated rings. The molecule has 1 nitrogen and oxygen atoms in total. The van der Waals surface area contributed by atoms with Crippen LogP contribution < -0.4 is 4.74 Å². The Kier molecular flexibility index (Phi) is 47.8. The molecule has 7 aromatic rings. The van der Waals surface area contributed by atoms with E-state index in [0.29, 0.717) is 0 Å². The van der Waals surface area contributed by atoms with E-state index in [2.05, 4.69) is 123 Å². The third-order valence-electron chi connectivity index (χ3n) is 7.11. The molecule has 0 aliphatic heterocycles.